The van der Waals surface area contributed by atoms with E-state index >= 15 is 0 Å². The first kappa shape index (κ1) is 14.0. The maximum atomic E-state index is 4.39. The molecule has 1 unspecified atom stereocenters. The maximum Gasteiger partial charge on any atom is 0.109 e. The van der Waals surface area contributed by atoms with Crippen molar-refractivity contribution in [1.29, 1.82) is 0 Å². The topological polar surface area (TPSA) is 42.7 Å². The Balaban J connectivity index is 1.63. The summed E-state index contributed by atoms with van der Waals surface area (Å²) in [6.07, 6.45) is 8.45. The van der Waals surface area contributed by atoms with E-state index in [0.717, 1.165) is 23.7 Å². The molecule has 0 fully saturated rings. The summed E-state index contributed by atoms with van der Waals surface area (Å²) in [5, 5.41) is 6.76. The lowest BCUT2D eigenvalue weighted by atomic mass is 10.1. The molecule has 2 heterocycles. The average molecular weight is 298 g/mol. The van der Waals surface area contributed by atoms with Gasteiger partial charge in [-0.15, -0.1) is 11.3 Å². The van der Waals surface area contributed by atoms with Crippen LogP contribution in [0.5, 0.6) is 0 Å². The first-order valence-electron chi connectivity index (χ1n) is 7.07. The Kier molecular flexibility index (Phi) is 4.43. The van der Waals surface area contributed by atoms with Gasteiger partial charge in [0.25, 0.3) is 0 Å². The lowest BCUT2D eigenvalue weighted by Crippen LogP contribution is -2.20. The van der Waals surface area contributed by atoms with Crippen molar-refractivity contribution in [2.75, 3.05) is 0 Å². The number of rotatable bonds is 6. The predicted octanol–water partition coefficient (Wildman–Crippen LogP) is 3.57. The van der Waals surface area contributed by atoms with Crippen LogP contribution in [0.15, 0.2) is 54.6 Å². The molecule has 3 aromatic rings. The monoisotopic (exact) mass is 298 g/mol. The lowest BCUT2D eigenvalue weighted by Gasteiger charge is -2.14. The predicted molar refractivity (Wildman–Crippen MR) is 85.5 cm³/mol. The van der Waals surface area contributed by atoms with Crippen molar-refractivity contribution in [2.24, 2.45) is 0 Å². The second kappa shape index (κ2) is 6.65. The molecule has 1 N–H and O–H groups in total. The van der Waals surface area contributed by atoms with E-state index in [1.807, 2.05) is 28.7 Å². The Hall–Kier alpha value is -1.98. The molecule has 0 bridgehead atoms. The molecule has 108 valence electrons. The third kappa shape index (κ3) is 3.37. The Morgan fingerprint density at radius 2 is 2.10 bits per heavy atom. The van der Waals surface area contributed by atoms with Gasteiger partial charge in [-0.2, -0.15) is 0 Å². The number of thiazole rings is 1. The Bertz CT molecular complexity index is 644. The van der Waals surface area contributed by atoms with Crippen LogP contribution in [-0.4, -0.2) is 14.5 Å². The number of benzene rings is 1. The first-order chi connectivity index (χ1) is 10.4. The molecular formula is C16H18N4S. The second-order valence-electron chi connectivity index (χ2n) is 4.85. The van der Waals surface area contributed by atoms with E-state index in [1.54, 1.807) is 17.5 Å². The SMILES string of the molecule is CCC(NCc1ccc(-n2ccnc2)cc1)c1nccs1. The molecule has 0 radical (unpaired) electrons. The zero-order valence-electron chi connectivity index (χ0n) is 11.9. The van der Waals surface area contributed by atoms with Crippen LogP contribution in [0.4, 0.5) is 0 Å². The Labute approximate surface area is 128 Å². The van der Waals surface area contributed by atoms with Crippen LogP contribution in [0.1, 0.15) is 30.0 Å². The molecule has 0 amide bonds. The summed E-state index contributed by atoms with van der Waals surface area (Å²) in [5.74, 6) is 0. The summed E-state index contributed by atoms with van der Waals surface area (Å²) >= 11 is 1.71. The molecule has 5 heteroatoms. The Morgan fingerprint density at radius 1 is 1.24 bits per heavy atom. The first-order valence-corrected chi connectivity index (χ1v) is 7.95. The van der Waals surface area contributed by atoms with E-state index in [2.05, 4.69) is 46.5 Å². The molecule has 4 nitrogen and oxygen atoms in total. The standard InChI is InChI=1S/C16H18N4S/c1-2-15(16-18-8-10-21-16)19-11-13-3-5-14(6-4-13)20-9-7-17-12-20/h3-10,12,15,19H,2,11H2,1H3. The fraction of sp³-hybridized carbons (Fsp3) is 0.250. The van der Waals surface area contributed by atoms with Crippen molar-refractivity contribution < 1.29 is 0 Å². The van der Waals surface area contributed by atoms with Crippen LogP contribution < -0.4 is 5.32 Å². The normalized spacial score (nSPS) is 12.4. The molecule has 21 heavy (non-hydrogen) atoms. The fourth-order valence-electron chi connectivity index (χ4n) is 2.25. The molecule has 0 aliphatic carbocycles. The van der Waals surface area contributed by atoms with Crippen LogP contribution in [0.25, 0.3) is 5.69 Å². The highest BCUT2D eigenvalue weighted by Gasteiger charge is 2.10. The van der Waals surface area contributed by atoms with E-state index in [1.165, 1.54) is 5.56 Å². The van der Waals surface area contributed by atoms with E-state index < -0.39 is 0 Å². The molecule has 0 aliphatic rings. The number of nitrogens with zero attached hydrogens (tertiary/aromatic N) is 3. The number of hydrogen-bond donors (Lipinski definition) is 1. The van der Waals surface area contributed by atoms with Crippen LogP contribution in [0, 0.1) is 0 Å². The molecule has 0 spiro atoms. The molecule has 3 rings (SSSR count). The third-order valence-electron chi connectivity index (χ3n) is 3.45. The van der Waals surface area contributed by atoms with E-state index in [0.29, 0.717) is 6.04 Å². The van der Waals surface area contributed by atoms with Crippen molar-refractivity contribution in [1.82, 2.24) is 19.9 Å². The number of aromatic nitrogens is 3. The molecule has 0 aliphatic heterocycles. The van der Waals surface area contributed by atoms with E-state index in [-0.39, 0.29) is 0 Å². The summed E-state index contributed by atoms with van der Waals surface area (Å²) in [4.78, 5) is 8.46. The summed E-state index contributed by atoms with van der Waals surface area (Å²) in [7, 11) is 0. The van der Waals surface area contributed by atoms with Crippen molar-refractivity contribution >= 4 is 11.3 Å². The molecular weight excluding hydrogens is 280 g/mol. The van der Waals surface area contributed by atoms with Crippen molar-refractivity contribution in [3.05, 3.63) is 65.1 Å². The second-order valence-corrected chi connectivity index (χ2v) is 5.77. The van der Waals surface area contributed by atoms with Gasteiger partial charge in [-0.05, 0) is 24.1 Å². The highest BCUT2D eigenvalue weighted by molar-refractivity contribution is 7.09. The van der Waals surface area contributed by atoms with Crippen molar-refractivity contribution in [3.63, 3.8) is 0 Å². The zero-order valence-corrected chi connectivity index (χ0v) is 12.8. The van der Waals surface area contributed by atoms with Gasteiger partial charge in [0.2, 0.25) is 0 Å². The van der Waals surface area contributed by atoms with Gasteiger partial charge in [0.1, 0.15) is 5.01 Å². The van der Waals surface area contributed by atoms with Gasteiger partial charge in [0.05, 0.1) is 12.4 Å². The van der Waals surface area contributed by atoms with Crippen molar-refractivity contribution in [2.45, 2.75) is 25.9 Å². The van der Waals surface area contributed by atoms with Gasteiger partial charge in [-0.1, -0.05) is 19.1 Å². The lowest BCUT2D eigenvalue weighted by molar-refractivity contribution is 0.516. The maximum absolute atomic E-state index is 4.39. The smallest absolute Gasteiger partial charge is 0.109 e. The van der Waals surface area contributed by atoms with Crippen molar-refractivity contribution in [3.8, 4) is 5.69 Å². The number of hydrogen-bond acceptors (Lipinski definition) is 4. The molecule has 2 aromatic heterocycles. The fourth-order valence-corrected chi connectivity index (χ4v) is 3.05. The van der Waals surface area contributed by atoms with Crippen LogP contribution in [0.2, 0.25) is 0 Å². The molecule has 0 saturated carbocycles. The van der Waals surface area contributed by atoms with Gasteiger partial charge in [0, 0.05) is 36.2 Å². The summed E-state index contributed by atoms with van der Waals surface area (Å²) < 4.78 is 2.00. The highest BCUT2D eigenvalue weighted by Crippen LogP contribution is 2.19. The minimum absolute atomic E-state index is 0.332. The van der Waals surface area contributed by atoms with Gasteiger partial charge >= 0.3 is 0 Å². The van der Waals surface area contributed by atoms with E-state index in [9.17, 15) is 0 Å². The average Bonchev–Trinajstić information content (AvgIpc) is 3.22. The Morgan fingerprint density at radius 3 is 2.71 bits per heavy atom. The minimum Gasteiger partial charge on any atom is -0.306 e. The van der Waals surface area contributed by atoms with Gasteiger partial charge in [0.15, 0.2) is 0 Å². The van der Waals surface area contributed by atoms with Crippen LogP contribution >= 0.6 is 11.3 Å². The summed E-state index contributed by atoms with van der Waals surface area (Å²) in [6.45, 7) is 3.03. The van der Waals surface area contributed by atoms with Gasteiger partial charge in [-0.3, -0.25) is 0 Å². The minimum atomic E-state index is 0.332. The zero-order chi connectivity index (χ0) is 14.5. The quantitative estimate of drug-likeness (QED) is 0.756. The largest absolute Gasteiger partial charge is 0.306 e. The van der Waals surface area contributed by atoms with Crippen LogP contribution in [0.3, 0.4) is 0 Å². The highest BCUT2D eigenvalue weighted by atomic mass is 32.1. The molecule has 0 saturated heterocycles. The van der Waals surface area contributed by atoms with Crippen LogP contribution in [-0.2, 0) is 6.54 Å². The summed E-state index contributed by atoms with van der Waals surface area (Å²) in [5.41, 5.74) is 2.40. The molecule has 1 atom stereocenters. The van der Waals surface area contributed by atoms with E-state index in [4.69, 9.17) is 0 Å². The molecule has 1 aromatic carbocycles. The third-order valence-corrected chi connectivity index (χ3v) is 4.34. The van der Waals surface area contributed by atoms with Gasteiger partial charge in [-0.25, -0.2) is 9.97 Å². The number of nitrogens with one attached hydrogen (secondary N) is 1. The number of imidazole rings is 1. The summed E-state index contributed by atoms with van der Waals surface area (Å²) in [6, 6.07) is 8.86. The van der Waals surface area contributed by atoms with Gasteiger partial charge < -0.3 is 9.88 Å².